The van der Waals surface area contributed by atoms with Crippen LogP contribution in [0.4, 0.5) is 0 Å². The van der Waals surface area contributed by atoms with Gasteiger partial charge in [-0.05, 0) is 31.1 Å². The lowest BCUT2D eigenvalue weighted by molar-refractivity contribution is -0.167. The van der Waals surface area contributed by atoms with Gasteiger partial charge in [0.05, 0.1) is 0 Å². The van der Waals surface area contributed by atoms with E-state index in [-0.39, 0.29) is 31.1 Å². The molecule has 0 heterocycles. The van der Waals surface area contributed by atoms with Gasteiger partial charge in [-0.25, -0.2) is 0 Å². The summed E-state index contributed by atoms with van der Waals surface area (Å²) < 4.78 is 16.8. The number of ether oxygens (including phenoxy) is 3. The first kappa shape index (κ1) is 62.4. The van der Waals surface area contributed by atoms with Crippen LogP contribution in [0.5, 0.6) is 0 Å². The Balaban J connectivity index is 4.18. The summed E-state index contributed by atoms with van der Waals surface area (Å²) in [6.07, 6.45) is 54.0. The van der Waals surface area contributed by atoms with Gasteiger partial charge in [0.25, 0.3) is 0 Å². The van der Waals surface area contributed by atoms with Crippen molar-refractivity contribution in [3.8, 4) is 0 Å². The Morgan fingerprint density at radius 1 is 0.297 bits per heavy atom. The van der Waals surface area contributed by atoms with Crippen LogP contribution in [0.25, 0.3) is 0 Å². The molecule has 64 heavy (non-hydrogen) atoms. The predicted molar refractivity (Wildman–Crippen MR) is 275 cm³/mol. The molecule has 0 aromatic rings. The highest BCUT2D eigenvalue weighted by Gasteiger charge is 2.19. The van der Waals surface area contributed by atoms with E-state index in [1.165, 1.54) is 212 Å². The van der Waals surface area contributed by atoms with Gasteiger partial charge in [-0.3, -0.25) is 14.4 Å². The molecule has 0 aliphatic rings. The van der Waals surface area contributed by atoms with E-state index < -0.39 is 6.10 Å². The van der Waals surface area contributed by atoms with Crippen molar-refractivity contribution in [1.82, 2.24) is 0 Å². The van der Waals surface area contributed by atoms with E-state index in [4.69, 9.17) is 14.2 Å². The van der Waals surface area contributed by atoms with E-state index in [9.17, 15) is 14.4 Å². The third kappa shape index (κ3) is 51.4. The van der Waals surface area contributed by atoms with Gasteiger partial charge in [-0.15, -0.1) is 0 Å². The van der Waals surface area contributed by atoms with Crippen LogP contribution in [0, 0.1) is 11.8 Å². The average molecular weight is 906 g/mol. The quantitative estimate of drug-likeness (QED) is 0.0344. The van der Waals surface area contributed by atoms with Crippen molar-refractivity contribution in [2.24, 2.45) is 11.8 Å². The van der Waals surface area contributed by atoms with Crippen LogP contribution in [0.15, 0.2) is 0 Å². The van der Waals surface area contributed by atoms with Crippen molar-refractivity contribution in [2.45, 2.75) is 330 Å². The summed E-state index contributed by atoms with van der Waals surface area (Å²) in [5.74, 6) is 0.777. The highest BCUT2D eigenvalue weighted by atomic mass is 16.6. The molecule has 0 N–H and O–H groups in total. The van der Waals surface area contributed by atoms with Gasteiger partial charge in [0.15, 0.2) is 6.10 Å². The molecule has 0 rings (SSSR count). The molecule has 0 fully saturated rings. The van der Waals surface area contributed by atoms with Crippen molar-refractivity contribution in [3.05, 3.63) is 0 Å². The summed E-state index contributed by atoms with van der Waals surface area (Å²) in [7, 11) is 0. The normalized spacial score (nSPS) is 12.0. The second-order valence-corrected chi connectivity index (χ2v) is 20.9. The topological polar surface area (TPSA) is 78.9 Å². The molecule has 0 aromatic heterocycles. The van der Waals surface area contributed by atoms with Gasteiger partial charge in [0.1, 0.15) is 13.2 Å². The van der Waals surface area contributed by atoms with Crippen molar-refractivity contribution in [3.63, 3.8) is 0 Å². The van der Waals surface area contributed by atoms with Gasteiger partial charge >= 0.3 is 17.9 Å². The molecule has 0 aliphatic heterocycles. The monoisotopic (exact) mass is 905 g/mol. The van der Waals surface area contributed by atoms with Crippen molar-refractivity contribution >= 4 is 17.9 Å². The maximum atomic E-state index is 12.8. The largest absolute Gasteiger partial charge is 0.462 e. The number of carbonyl (C=O) groups excluding carboxylic acids is 3. The number of hydrogen-bond donors (Lipinski definition) is 0. The summed E-state index contributed by atoms with van der Waals surface area (Å²) in [6, 6.07) is 0. The molecule has 0 aliphatic carbocycles. The Hall–Kier alpha value is -1.59. The SMILES string of the molecule is CCCCCCCCCCCCCCCCCCC(=O)O[C@@H](COC(=O)CCCCCCCCCCCCCCCCCCCCC(C)C)COC(=O)CCCCCCCCC(C)C. The molecular formula is C58H112O6. The molecule has 0 unspecified atom stereocenters. The van der Waals surface area contributed by atoms with E-state index in [0.29, 0.717) is 19.3 Å². The predicted octanol–water partition coefficient (Wildman–Crippen LogP) is 18.9. The first-order valence-corrected chi connectivity index (χ1v) is 28.7. The van der Waals surface area contributed by atoms with Gasteiger partial charge in [-0.1, -0.05) is 285 Å². The van der Waals surface area contributed by atoms with Crippen LogP contribution in [0.1, 0.15) is 324 Å². The molecule has 0 radical (unpaired) electrons. The van der Waals surface area contributed by atoms with Crippen LogP contribution >= 0.6 is 0 Å². The summed E-state index contributed by atoms with van der Waals surface area (Å²) in [5, 5.41) is 0. The summed E-state index contributed by atoms with van der Waals surface area (Å²) in [6.45, 7) is 11.4. The Morgan fingerprint density at radius 3 is 0.766 bits per heavy atom. The smallest absolute Gasteiger partial charge is 0.306 e. The van der Waals surface area contributed by atoms with Crippen molar-refractivity contribution < 1.29 is 28.6 Å². The zero-order valence-electron chi connectivity index (χ0n) is 43.9. The zero-order valence-corrected chi connectivity index (χ0v) is 43.9. The third-order valence-corrected chi connectivity index (χ3v) is 13.2. The van der Waals surface area contributed by atoms with Crippen LogP contribution in [-0.2, 0) is 28.6 Å². The number of unbranched alkanes of at least 4 members (excludes halogenated alkanes) is 37. The highest BCUT2D eigenvalue weighted by molar-refractivity contribution is 5.71. The van der Waals surface area contributed by atoms with Gasteiger partial charge in [0.2, 0.25) is 0 Å². The minimum atomic E-state index is -0.762. The van der Waals surface area contributed by atoms with Crippen LogP contribution in [-0.4, -0.2) is 37.2 Å². The Labute approximate surface area is 399 Å². The zero-order chi connectivity index (χ0) is 46.8. The molecule has 6 heteroatoms. The molecule has 6 nitrogen and oxygen atoms in total. The highest BCUT2D eigenvalue weighted by Crippen LogP contribution is 2.18. The summed E-state index contributed by atoms with van der Waals surface area (Å²) >= 11 is 0. The fourth-order valence-electron chi connectivity index (χ4n) is 8.87. The summed E-state index contributed by atoms with van der Waals surface area (Å²) in [5.41, 5.74) is 0. The molecular weight excluding hydrogens is 793 g/mol. The minimum absolute atomic E-state index is 0.0636. The summed E-state index contributed by atoms with van der Waals surface area (Å²) in [4.78, 5) is 38.0. The maximum Gasteiger partial charge on any atom is 0.306 e. The van der Waals surface area contributed by atoms with Gasteiger partial charge in [-0.2, -0.15) is 0 Å². The number of carbonyl (C=O) groups is 3. The van der Waals surface area contributed by atoms with E-state index in [0.717, 1.165) is 69.6 Å². The Bertz CT molecular complexity index is 978. The molecule has 0 saturated carbocycles. The van der Waals surface area contributed by atoms with E-state index in [2.05, 4.69) is 34.6 Å². The second kappa shape index (κ2) is 50.8. The average Bonchev–Trinajstić information content (AvgIpc) is 3.27. The van der Waals surface area contributed by atoms with Crippen LogP contribution in [0.2, 0.25) is 0 Å². The van der Waals surface area contributed by atoms with Gasteiger partial charge < -0.3 is 14.2 Å². The van der Waals surface area contributed by atoms with Crippen molar-refractivity contribution in [1.29, 1.82) is 0 Å². The fourth-order valence-corrected chi connectivity index (χ4v) is 8.87. The first-order valence-electron chi connectivity index (χ1n) is 28.7. The van der Waals surface area contributed by atoms with Crippen LogP contribution < -0.4 is 0 Å². The Morgan fingerprint density at radius 2 is 0.516 bits per heavy atom. The number of hydrogen-bond acceptors (Lipinski definition) is 6. The number of esters is 3. The first-order chi connectivity index (χ1) is 31.2. The molecule has 0 aromatic carbocycles. The third-order valence-electron chi connectivity index (χ3n) is 13.2. The standard InChI is InChI=1S/C58H112O6/c1-6-7-8-9-10-11-12-13-14-20-24-27-30-33-40-45-50-58(61)64-55(52-63-57(60)49-44-39-35-34-37-42-47-54(4)5)51-62-56(59)48-43-38-32-29-26-23-21-18-16-15-17-19-22-25-28-31-36-41-46-53(2)3/h53-55H,6-52H2,1-5H3/t55-/m0/s1. The van der Waals surface area contributed by atoms with E-state index in [1.807, 2.05) is 0 Å². The number of rotatable bonds is 52. The lowest BCUT2D eigenvalue weighted by Gasteiger charge is -2.18. The molecule has 0 amide bonds. The van der Waals surface area contributed by atoms with E-state index in [1.54, 1.807) is 0 Å². The molecule has 0 spiro atoms. The molecule has 0 bridgehead atoms. The van der Waals surface area contributed by atoms with Gasteiger partial charge in [0, 0.05) is 19.3 Å². The minimum Gasteiger partial charge on any atom is -0.462 e. The molecule has 1 atom stereocenters. The second-order valence-electron chi connectivity index (χ2n) is 20.9. The van der Waals surface area contributed by atoms with Crippen molar-refractivity contribution in [2.75, 3.05) is 13.2 Å². The molecule has 0 saturated heterocycles. The van der Waals surface area contributed by atoms with Crippen LogP contribution in [0.3, 0.4) is 0 Å². The van der Waals surface area contributed by atoms with E-state index >= 15 is 0 Å². The maximum absolute atomic E-state index is 12.8. The lowest BCUT2D eigenvalue weighted by Crippen LogP contribution is -2.30. The molecule has 380 valence electrons. The fraction of sp³-hybridized carbons (Fsp3) is 0.948. The lowest BCUT2D eigenvalue weighted by atomic mass is 10.0. The Kier molecular flexibility index (Phi) is 49.6.